The molecule has 0 aromatic carbocycles. The molecule has 252 valence electrons. The van der Waals surface area contributed by atoms with Crippen LogP contribution >= 0.6 is 12.6 Å². The Morgan fingerprint density at radius 1 is 0.778 bits per heavy atom. The summed E-state index contributed by atoms with van der Waals surface area (Å²) in [5.74, 6) is -2.17. The van der Waals surface area contributed by atoms with E-state index in [1.54, 1.807) is 0 Å². The quantitative estimate of drug-likeness (QED) is 0.219. The summed E-state index contributed by atoms with van der Waals surface area (Å²) in [5.41, 5.74) is -4.30. The van der Waals surface area contributed by atoms with E-state index in [0.717, 1.165) is 19.3 Å². The molecule has 6 rings (SSSR count). The van der Waals surface area contributed by atoms with Crippen molar-refractivity contribution in [3.8, 4) is 0 Å². The molecule has 0 aromatic rings. The highest BCUT2D eigenvalue weighted by Crippen LogP contribution is 2.92. The predicted octanol–water partition coefficient (Wildman–Crippen LogP) is 3.49. The SMILES string of the molecule is B[C@]12OCC(OC3(C)C4C(C(=O)O)C(CC)(C(C)C)C43C(C)C)[C@@]1(B)OCC2OC1(C)C2C(C(=O)O)C(CC)(CC)C21C(C)S. The van der Waals surface area contributed by atoms with Gasteiger partial charge in [0.15, 0.2) is 0 Å². The Morgan fingerprint density at radius 3 is 1.53 bits per heavy atom. The number of hydrogen-bond donors (Lipinski definition) is 3. The van der Waals surface area contributed by atoms with Crippen LogP contribution in [0.1, 0.15) is 88.5 Å². The molecular formula is C34H56B2O8S. The molecule has 2 aliphatic heterocycles. The zero-order chi connectivity index (χ0) is 33.7. The number of carboxylic acid groups (broad SMARTS) is 2. The van der Waals surface area contributed by atoms with Gasteiger partial charge in [0.1, 0.15) is 27.9 Å². The number of carboxylic acids is 2. The van der Waals surface area contributed by atoms with E-state index in [0.29, 0.717) is 13.2 Å². The minimum Gasteiger partial charge on any atom is -0.481 e. The molecule has 2 heterocycles. The predicted molar refractivity (Wildman–Crippen MR) is 179 cm³/mol. The van der Waals surface area contributed by atoms with Crippen LogP contribution in [0.5, 0.6) is 0 Å². The van der Waals surface area contributed by atoms with Crippen molar-refractivity contribution in [3.63, 3.8) is 0 Å². The number of thiol groups is 1. The van der Waals surface area contributed by atoms with Crippen molar-refractivity contribution in [3.05, 3.63) is 0 Å². The summed E-state index contributed by atoms with van der Waals surface area (Å²) in [6, 6.07) is 0. The fraction of sp³-hybridized carbons (Fsp3) is 0.941. The van der Waals surface area contributed by atoms with Gasteiger partial charge in [0, 0.05) is 27.9 Å². The van der Waals surface area contributed by atoms with E-state index in [1.165, 1.54) is 0 Å². The van der Waals surface area contributed by atoms with Crippen LogP contribution < -0.4 is 0 Å². The summed E-state index contributed by atoms with van der Waals surface area (Å²) in [4.78, 5) is 25.4. The van der Waals surface area contributed by atoms with Crippen LogP contribution in [0.15, 0.2) is 0 Å². The van der Waals surface area contributed by atoms with Gasteiger partial charge in [-0.15, -0.1) is 0 Å². The first-order chi connectivity index (χ1) is 20.8. The number of aliphatic carboxylic acids is 2. The molecule has 2 saturated heterocycles. The summed E-state index contributed by atoms with van der Waals surface area (Å²) >= 11 is 4.98. The first-order valence-corrected chi connectivity index (χ1v) is 18.0. The molecule has 4 saturated carbocycles. The fourth-order valence-corrected chi connectivity index (χ4v) is 15.1. The van der Waals surface area contributed by atoms with Crippen LogP contribution in [-0.2, 0) is 28.5 Å². The zero-order valence-corrected chi connectivity index (χ0v) is 30.4. The van der Waals surface area contributed by atoms with Crippen LogP contribution in [0, 0.1) is 57.2 Å². The van der Waals surface area contributed by atoms with E-state index >= 15 is 0 Å². The smallest absolute Gasteiger partial charge is 0.307 e. The van der Waals surface area contributed by atoms with E-state index < -0.39 is 58.2 Å². The highest BCUT2D eigenvalue weighted by molar-refractivity contribution is 7.81. The third-order valence-corrected chi connectivity index (χ3v) is 16.5. The Hall–Kier alpha value is -0.740. The van der Waals surface area contributed by atoms with Crippen molar-refractivity contribution < 1.29 is 38.7 Å². The molecule has 0 aromatic heterocycles. The van der Waals surface area contributed by atoms with Gasteiger partial charge in [0.05, 0.1) is 47.3 Å². The summed E-state index contributed by atoms with van der Waals surface area (Å²) in [6.07, 6.45) is 1.48. The first-order valence-electron chi connectivity index (χ1n) is 17.5. The molecule has 0 radical (unpaired) electrons. The minimum atomic E-state index is -0.828. The summed E-state index contributed by atoms with van der Waals surface area (Å²) < 4.78 is 27.6. The van der Waals surface area contributed by atoms with Gasteiger partial charge in [-0.05, 0) is 55.8 Å². The van der Waals surface area contributed by atoms with Gasteiger partial charge in [-0.3, -0.25) is 9.59 Å². The number of carbonyl (C=O) groups is 2. The fourth-order valence-electron chi connectivity index (χ4n) is 14.5. The van der Waals surface area contributed by atoms with Gasteiger partial charge < -0.3 is 29.2 Å². The molecule has 2 N–H and O–H groups in total. The Labute approximate surface area is 277 Å². The highest BCUT2D eigenvalue weighted by Gasteiger charge is 2.97. The Bertz CT molecular complexity index is 1290. The Morgan fingerprint density at radius 2 is 1.20 bits per heavy atom. The third kappa shape index (κ3) is 3.14. The average molecular weight is 647 g/mol. The highest BCUT2D eigenvalue weighted by atomic mass is 32.1. The van der Waals surface area contributed by atoms with Crippen LogP contribution in [0.4, 0.5) is 0 Å². The van der Waals surface area contributed by atoms with Gasteiger partial charge in [-0.1, -0.05) is 55.4 Å². The maximum atomic E-state index is 12.8. The van der Waals surface area contributed by atoms with E-state index in [-0.39, 0.29) is 50.6 Å². The lowest BCUT2D eigenvalue weighted by molar-refractivity contribution is -0.184. The Balaban J connectivity index is 1.29. The van der Waals surface area contributed by atoms with Crippen molar-refractivity contribution in [2.75, 3.05) is 13.2 Å². The van der Waals surface area contributed by atoms with Crippen molar-refractivity contribution in [1.82, 2.24) is 0 Å². The second kappa shape index (κ2) is 9.70. The van der Waals surface area contributed by atoms with Crippen molar-refractivity contribution >= 4 is 40.3 Å². The molecule has 4 aliphatic carbocycles. The van der Waals surface area contributed by atoms with Crippen molar-refractivity contribution in [2.24, 2.45) is 57.2 Å². The Kier molecular flexibility index (Phi) is 7.36. The topological polar surface area (TPSA) is 112 Å². The number of ether oxygens (including phenoxy) is 4. The molecule has 0 amide bonds. The minimum absolute atomic E-state index is 0.0374. The lowest BCUT2D eigenvalue weighted by Gasteiger charge is -2.58. The number of fused-ring (bicyclic) bond motifs is 3. The van der Waals surface area contributed by atoms with E-state index in [2.05, 4.69) is 77.1 Å². The van der Waals surface area contributed by atoms with Gasteiger partial charge in [-0.2, -0.15) is 12.6 Å². The maximum Gasteiger partial charge on any atom is 0.307 e. The van der Waals surface area contributed by atoms with E-state index in [9.17, 15) is 19.8 Å². The van der Waals surface area contributed by atoms with E-state index in [4.69, 9.17) is 31.6 Å². The average Bonchev–Trinajstić information content (AvgIpc) is 3.47. The second-order valence-electron chi connectivity index (χ2n) is 16.8. The van der Waals surface area contributed by atoms with E-state index in [1.807, 2.05) is 7.85 Å². The van der Waals surface area contributed by atoms with Crippen molar-refractivity contribution in [2.45, 2.75) is 128 Å². The van der Waals surface area contributed by atoms with Crippen LogP contribution in [0.3, 0.4) is 0 Å². The van der Waals surface area contributed by atoms with Crippen molar-refractivity contribution in [1.29, 1.82) is 0 Å². The number of rotatable bonds is 12. The van der Waals surface area contributed by atoms with Crippen LogP contribution in [-0.4, -0.2) is 90.7 Å². The normalized spacial score (nSPS) is 54.1. The first kappa shape index (κ1) is 34.1. The third-order valence-electron chi connectivity index (χ3n) is 16.1. The molecule has 6 fully saturated rings. The summed E-state index contributed by atoms with van der Waals surface area (Å²) in [5, 5.41) is 20.8. The van der Waals surface area contributed by atoms with Crippen LogP contribution in [0.25, 0.3) is 0 Å². The summed E-state index contributed by atoms with van der Waals surface area (Å²) in [6.45, 7) is 22.1. The van der Waals surface area contributed by atoms with Gasteiger partial charge in [0.25, 0.3) is 0 Å². The molecule has 6 aliphatic rings. The summed E-state index contributed by atoms with van der Waals surface area (Å²) in [7, 11) is 4.10. The molecule has 0 spiro atoms. The molecule has 0 bridgehead atoms. The molecule has 8 nitrogen and oxygen atoms in total. The molecule has 14 atom stereocenters. The monoisotopic (exact) mass is 646 g/mol. The van der Waals surface area contributed by atoms with Gasteiger partial charge in [-0.25, -0.2) is 0 Å². The number of hydrogen-bond acceptors (Lipinski definition) is 7. The van der Waals surface area contributed by atoms with Crippen LogP contribution in [0.2, 0.25) is 0 Å². The molecular weight excluding hydrogens is 590 g/mol. The largest absolute Gasteiger partial charge is 0.481 e. The molecule has 12 unspecified atom stereocenters. The zero-order valence-electron chi connectivity index (χ0n) is 29.5. The lowest BCUT2D eigenvalue weighted by atomic mass is 9.44. The lowest BCUT2D eigenvalue weighted by Crippen LogP contribution is -2.61. The van der Waals surface area contributed by atoms with Gasteiger partial charge >= 0.3 is 11.9 Å². The molecule has 45 heavy (non-hydrogen) atoms. The second-order valence-corrected chi connectivity index (χ2v) is 17.6. The van der Waals surface area contributed by atoms with Gasteiger partial charge in [0.2, 0.25) is 0 Å². The molecule has 11 heteroatoms. The maximum absolute atomic E-state index is 12.8. The standard InChI is InChI=1S/C34H56B2O8S/c1-11-29(12-2)21(25(37)38)23-28(10,32(23,29)18(8)45)44-20-15-42-33(35)19(14-41-34(20,33)36)43-27(9)24-22(26(39)40)30(13-3,16(4)5)31(24,27)17(6)7/h16-24,45H,11-15,35-36H2,1-10H3,(H,37,38)(H,39,40)/t18?,19?,20?,21?,22?,23?,24?,27?,28?,30?,31?,32?,33-,34-/m1/s1.